The lowest BCUT2D eigenvalue weighted by Crippen LogP contribution is -2.54. The molecule has 0 aliphatic carbocycles. The summed E-state index contributed by atoms with van der Waals surface area (Å²) in [6.45, 7) is 14.0. The highest BCUT2D eigenvalue weighted by Crippen LogP contribution is 2.33. The van der Waals surface area contributed by atoms with Gasteiger partial charge in [-0.2, -0.15) is 0 Å². The second-order valence-electron chi connectivity index (χ2n) is 12.8. The van der Waals surface area contributed by atoms with Gasteiger partial charge in [-0.25, -0.2) is 0 Å². The van der Waals surface area contributed by atoms with Crippen molar-refractivity contribution in [1.82, 2.24) is 20.4 Å². The summed E-state index contributed by atoms with van der Waals surface area (Å²) in [6, 6.07) is 8.54. The summed E-state index contributed by atoms with van der Waals surface area (Å²) >= 11 is 0. The number of hydrogen-bond donors (Lipinski definition) is 2. The van der Waals surface area contributed by atoms with Crippen molar-refractivity contribution >= 4 is 47.3 Å². The van der Waals surface area contributed by atoms with Crippen LogP contribution in [0.2, 0.25) is 0 Å². The largest absolute Gasteiger partial charge is 0.295 e. The Morgan fingerprint density at radius 3 is 1.64 bits per heavy atom. The molecular weight excluding hydrogens is 604 g/mol. The first-order valence-corrected chi connectivity index (χ1v) is 15.8. The number of carbonyl (C=O) groups is 8. The second-order valence-corrected chi connectivity index (χ2v) is 12.8. The Labute approximate surface area is 273 Å². The Morgan fingerprint density at radius 2 is 1.15 bits per heavy atom. The maximum atomic E-state index is 12.7. The van der Waals surface area contributed by atoms with E-state index in [1.165, 1.54) is 0 Å². The van der Waals surface area contributed by atoms with Crippen LogP contribution in [0.5, 0.6) is 0 Å². The Kier molecular flexibility index (Phi) is 9.93. The Balaban J connectivity index is 0.000000202. The molecule has 0 saturated carbocycles. The van der Waals surface area contributed by atoms with Gasteiger partial charge in [-0.1, -0.05) is 66.7 Å². The van der Waals surface area contributed by atoms with Gasteiger partial charge in [0.2, 0.25) is 23.6 Å². The van der Waals surface area contributed by atoms with E-state index >= 15 is 0 Å². The zero-order valence-electron chi connectivity index (χ0n) is 27.7. The SMILES string of the molecule is CC.CC(C)(C)c1ccc2c(c1)C(=O)N(C1CCC(=O)NC1=O)C2=O.CC(C)c1cccc2c1C(=O)N(C1CCC(=O)NC1=O)C2=O. The lowest BCUT2D eigenvalue weighted by atomic mass is 9.85. The first-order valence-electron chi connectivity index (χ1n) is 15.8. The molecule has 2 saturated heterocycles. The monoisotopic (exact) mass is 644 g/mol. The van der Waals surface area contributed by atoms with E-state index in [9.17, 15) is 38.4 Å². The van der Waals surface area contributed by atoms with Crippen molar-refractivity contribution < 1.29 is 38.4 Å². The molecule has 12 nitrogen and oxygen atoms in total. The van der Waals surface area contributed by atoms with Crippen LogP contribution in [0.15, 0.2) is 36.4 Å². The Morgan fingerprint density at radius 1 is 0.660 bits per heavy atom. The standard InChI is InChI=1S/C17H18N2O4.C16H16N2O4.C2H6/c1-17(2,3)9-4-5-10-11(8-9)16(23)19(15(10)22)12-6-7-13(20)18-14(12)21;1-8(2)9-4-3-5-10-13(9)16(22)18(15(10)21)11-6-7-12(19)17-14(11)20;1-2/h4-5,8,12H,6-7H2,1-3H3,(H,18,20,21);3-5,8,11H,6-7H2,1-2H3,(H,17,19,20);1-2H3. The van der Waals surface area contributed by atoms with Gasteiger partial charge in [0, 0.05) is 12.8 Å². The number of piperidine rings is 2. The molecule has 2 aromatic carbocycles. The molecule has 0 bridgehead atoms. The molecule has 2 N–H and O–H groups in total. The number of benzene rings is 2. The maximum absolute atomic E-state index is 12.7. The Bertz CT molecular complexity index is 1700. The van der Waals surface area contributed by atoms with E-state index in [2.05, 4.69) is 10.6 Å². The molecule has 8 amide bonds. The predicted octanol–water partition coefficient (Wildman–Crippen LogP) is 3.62. The van der Waals surface area contributed by atoms with E-state index in [0.29, 0.717) is 22.3 Å². The molecule has 2 atom stereocenters. The minimum Gasteiger partial charge on any atom is -0.295 e. The first kappa shape index (κ1) is 34.9. The fraction of sp³-hybridized carbons (Fsp3) is 0.429. The second kappa shape index (κ2) is 13.4. The number of amides is 8. The molecule has 0 radical (unpaired) electrons. The molecule has 0 aromatic heterocycles. The van der Waals surface area contributed by atoms with Gasteiger partial charge >= 0.3 is 0 Å². The molecule has 47 heavy (non-hydrogen) atoms. The topological polar surface area (TPSA) is 167 Å². The van der Waals surface area contributed by atoms with E-state index in [-0.39, 0.29) is 48.8 Å². The third-order valence-corrected chi connectivity index (χ3v) is 8.43. The van der Waals surface area contributed by atoms with Crippen LogP contribution in [0.1, 0.15) is 133 Å². The molecule has 0 spiro atoms. The highest BCUT2D eigenvalue weighted by molar-refractivity contribution is 6.24. The number of imide groups is 4. The molecule has 4 aliphatic heterocycles. The van der Waals surface area contributed by atoms with E-state index in [1.54, 1.807) is 24.3 Å². The predicted molar refractivity (Wildman–Crippen MR) is 170 cm³/mol. The van der Waals surface area contributed by atoms with E-state index in [0.717, 1.165) is 20.9 Å². The Hall–Kier alpha value is -5.00. The molecule has 2 fully saturated rings. The van der Waals surface area contributed by atoms with E-state index in [4.69, 9.17) is 0 Å². The van der Waals surface area contributed by atoms with Crippen LogP contribution in [0.3, 0.4) is 0 Å². The van der Waals surface area contributed by atoms with Crippen molar-refractivity contribution in [2.24, 2.45) is 0 Å². The van der Waals surface area contributed by atoms with Gasteiger partial charge in [0.25, 0.3) is 23.6 Å². The van der Waals surface area contributed by atoms with Crippen LogP contribution in [-0.4, -0.2) is 69.1 Å². The van der Waals surface area contributed by atoms with E-state index in [1.807, 2.05) is 60.6 Å². The summed E-state index contributed by atoms with van der Waals surface area (Å²) in [5.74, 6) is -3.68. The average molecular weight is 645 g/mol. The number of hydrogen-bond acceptors (Lipinski definition) is 8. The zero-order chi connectivity index (χ0) is 35.0. The highest BCUT2D eigenvalue weighted by Gasteiger charge is 2.46. The molecule has 4 heterocycles. The molecule has 4 aliphatic rings. The first-order chi connectivity index (χ1) is 22.1. The third-order valence-electron chi connectivity index (χ3n) is 8.43. The van der Waals surface area contributed by atoms with E-state index < -0.39 is 47.5 Å². The highest BCUT2D eigenvalue weighted by atomic mass is 16.2. The summed E-state index contributed by atoms with van der Waals surface area (Å²) in [4.78, 5) is 98.9. The number of carbonyl (C=O) groups excluding carboxylic acids is 8. The van der Waals surface area contributed by atoms with Gasteiger partial charge in [-0.15, -0.1) is 0 Å². The van der Waals surface area contributed by atoms with Gasteiger partial charge in [0.1, 0.15) is 12.1 Å². The van der Waals surface area contributed by atoms with Crippen molar-refractivity contribution in [2.75, 3.05) is 0 Å². The van der Waals surface area contributed by atoms with Gasteiger partial charge in [0.05, 0.1) is 22.3 Å². The molecule has 248 valence electrons. The third kappa shape index (κ3) is 6.49. The van der Waals surface area contributed by atoms with Crippen molar-refractivity contribution in [3.05, 3.63) is 69.8 Å². The molecule has 2 aromatic rings. The summed E-state index contributed by atoms with van der Waals surface area (Å²) < 4.78 is 0. The molecule has 12 heteroatoms. The van der Waals surface area contributed by atoms with Crippen LogP contribution in [0, 0.1) is 0 Å². The summed E-state index contributed by atoms with van der Waals surface area (Å²) in [5.41, 5.74) is 2.95. The van der Waals surface area contributed by atoms with Crippen LogP contribution in [0.25, 0.3) is 0 Å². The fourth-order valence-corrected chi connectivity index (χ4v) is 5.96. The molecule has 2 unspecified atom stereocenters. The van der Waals surface area contributed by atoms with Gasteiger partial charge < -0.3 is 0 Å². The zero-order valence-corrected chi connectivity index (χ0v) is 27.7. The number of nitrogens with one attached hydrogen (secondary N) is 2. The number of fused-ring (bicyclic) bond motifs is 2. The smallest absolute Gasteiger partial charge is 0.262 e. The number of nitrogens with zero attached hydrogens (tertiary/aromatic N) is 2. The molecule has 6 rings (SSSR count). The summed E-state index contributed by atoms with van der Waals surface area (Å²) in [6.07, 6.45) is 0.591. The minimum atomic E-state index is -0.918. The normalized spacial score (nSPS) is 20.7. The van der Waals surface area contributed by atoms with Gasteiger partial charge in [-0.05, 0) is 53.5 Å². The summed E-state index contributed by atoms with van der Waals surface area (Å²) in [7, 11) is 0. The van der Waals surface area contributed by atoms with Crippen molar-refractivity contribution in [2.45, 2.75) is 97.6 Å². The lowest BCUT2D eigenvalue weighted by Gasteiger charge is -2.27. The quantitative estimate of drug-likeness (QED) is 0.478. The summed E-state index contributed by atoms with van der Waals surface area (Å²) in [5, 5.41) is 4.37. The lowest BCUT2D eigenvalue weighted by molar-refractivity contribution is -0.137. The van der Waals surface area contributed by atoms with Crippen LogP contribution < -0.4 is 10.6 Å². The fourth-order valence-electron chi connectivity index (χ4n) is 5.96. The van der Waals surface area contributed by atoms with Gasteiger partial charge in [-0.3, -0.25) is 58.8 Å². The van der Waals surface area contributed by atoms with Crippen LogP contribution >= 0.6 is 0 Å². The van der Waals surface area contributed by atoms with Gasteiger partial charge in [0.15, 0.2) is 0 Å². The minimum absolute atomic E-state index is 0.0911. The van der Waals surface area contributed by atoms with Crippen LogP contribution in [-0.2, 0) is 24.6 Å². The van der Waals surface area contributed by atoms with Crippen LogP contribution in [0.4, 0.5) is 0 Å². The number of rotatable bonds is 3. The van der Waals surface area contributed by atoms with Crippen molar-refractivity contribution in [3.8, 4) is 0 Å². The maximum Gasteiger partial charge on any atom is 0.262 e. The average Bonchev–Trinajstić information content (AvgIpc) is 3.42. The molecular formula is C35H40N4O8. The van der Waals surface area contributed by atoms with Crippen molar-refractivity contribution in [1.29, 1.82) is 0 Å². The van der Waals surface area contributed by atoms with Crippen molar-refractivity contribution in [3.63, 3.8) is 0 Å².